The highest BCUT2D eigenvalue weighted by atomic mass is 79.9. The summed E-state index contributed by atoms with van der Waals surface area (Å²) in [5.41, 5.74) is 5.70. The van der Waals surface area contributed by atoms with Crippen molar-refractivity contribution in [2.24, 2.45) is 29.4 Å². The van der Waals surface area contributed by atoms with Crippen LogP contribution in [0.3, 0.4) is 0 Å². The second-order valence-corrected chi connectivity index (χ2v) is 19.4. The van der Waals surface area contributed by atoms with Gasteiger partial charge in [0.1, 0.15) is 34.6 Å². The van der Waals surface area contributed by atoms with Gasteiger partial charge in [-0.3, -0.25) is 0 Å². The smallest absolute Gasteiger partial charge is 0.130 e. The Morgan fingerprint density at radius 1 is 0.562 bits per heavy atom. The van der Waals surface area contributed by atoms with Crippen LogP contribution in [0.15, 0.2) is 167 Å². The molecule has 0 aromatic carbocycles. The molecule has 9 unspecified atom stereocenters. The van der Waals surface area contributed by atoms with E-state index in [9.17, 15) is 9.59 Å². The van der Waals surface area contributed by atoms with Gasteiger partial charge in [-0.15, -0.1) is 0 Å². The van der Waals surface area contributed by atoms with Gasteiger partial charge in [-0.1, -0.05) is 101 Å². The largest absolute Gasteiger partial charge is 0.497 e. The first-order chi connectivity index (χ1) is 35.1. The summed E-state index contributed by atoms with van der Waals surface area (Å²) in [6, 6.07) is 0.879. The molecule has 0 spiro atoms. The van der Waals surface area contributed by atoms with Gasteiger partial charge in [0.25, 0.3) is 0 Å². The molecule has 0 aliphatic heterocycles. The van der Waals surface area contributed by atoms with Crippen molar-refractivity contribution < 1.29 is 43.1 Å². The number of hydrogen-bond donors (Lipinski definition) is 3. The maximum atomic E-state index is 10.8. The van der Waals surface area contributed by atoms with Gasteiger partial charge in [0, 0.05) is 43.6 Å². The summed E-state index contributed by atoms with van der Waals surface area (Å²) in [6.07, 6.45) is 57.3. The Hall–Kier alpha value is -4.82. The van der Waals surface area contributed by atoms with Crippen molar-refractivity contribution in [3.8, 4) is 0 Å². The van der Waals surface area contributed by atoms with Crippen LogP contribution in [-0.4, -0.2) is 96.8 Å². The van der Waals surface area contributed by atoms with E-state index in [1.807, 2.05) is 99.0 Å². The molecule has 73 heavy (non-hydrogen) atoms. The van der Waals surface area contributed by atoms with Gasteiger partial charge >= 0.3 is 0 Å². The zero-order valence-electron chi connectivity index (χ0n) is 45.9. The van der Waals surface area contributed by atoms with Gasteiger partial charge in [0.15, 0.2) is 0 Å². The molecule has 7 aliphatic carbocycles. The van der Waals surface area contributed by atoms with Crippen molar-refractivity contribution in [1.29, 1.82) is 0 Å². The molecule has 406 valence electrons. The number of carbonyl (C=O) groups excluding carboxylic acids is 2. The van der Waals surface area contributed by atoms with E-state index in [1.165, 1.54) is 6.42 Å². The van der Waals surface area contributed by atoms with Crippen LogP contribution in [-0.2, 0) is 38.0 Å². The van der Waals surface area contributed by atoms with Crippen LogP contribution in [0.5, 0.6) is 0 Å². The number of hydrogen-bond acceptors (Lipinski definition) is 11. The van der Waals surface area contributed by atoms with E-state index < -0.39 is 0 Å². The Balaban J connectivity index is 0.000000429. The molecular weight excluding hydrogens is 1030 g/mol. The van der Waals surface area contributed by atoms with E-state index in [0.29, 0.717) is 48.7 Å². The normalized spacial score (nSPS) is 24.4. The number of nitrogens with one attached hydrogen (secondary N) is 1. The van der Waals surface area contributed by atoms with Gasteiger partial charge in [-0.25, -0.2) is 0 Å². The van der Waals surface area contributed by atoms with Crippen LogP contribution in [0, 0.1) is 23.7 Å². The molecule has 0 saturated heterocycles. The van der Waals surface area contributed by atoms with Crippen LogP contribution in [0.1, 0.15) is 98.3 Å². The molecule has 0 fully saturated rings. The molecule has 0 amide bonds. The fourth-order valence-electron chi connectivity index (χ4n) is 7.68. The Morgan fingerprint density at radius 2 is 0.973 bits per heavy atom. The average molecular weight is 1120 g/mol. The lowest BCUT2D eigenvalue weighted by molar-refractivity contribution is -0.118. The van der Waals surface area contributed by atoms with Crippen LogP contribution in [0.2, 0.25) is 0 Å². The molecule has 0 bridgehead atoms. The van der Waals surface area contributed by atoms with Gasteiger partial charge in [0.05, 0.1) is 46.8 Å². The first kappa shape index (κ1) is 66.2. The standard InChI is InChI=1S/C11H19NO.C10H17NO.2C10H14O2.C7H9BrO.C7H10O.C6H8O/c1-9(12-2)8-10-4-6-11(13-3)7-5-10;3*1-8(11)7-9-3-5-10(12-2)6-4-9;1-9-7-4-2-6(8)3-5-7;1-8-7-5-3-2-4-6-7;7-6-4-2-1-3-5-6/h4,6-7,9-10,12H,5,8H2,1-3H3;3,5-6,8-9H,4,7,11H2,1-2H3;2*3,5-6,9H,4,7H2,1-2H3;2-4,7H,5H2,1H3;2-5,7H,6H2,1H3;1-4,6-7H,5H2/i4+1,5+1,6+1,7+1,10+1,11+1;3*3+1,4+1,5+1,6+1,9+1,10+1;2*2+1,3+1,4+1,5+1,6+1,7+1;1+1,2+1,3+1,4+1,5+1,6+1. The highest BCUT2D eigenvalue weighted by Gasteiger charge is 2.14. The number of methoxy groups -OCH3 is 6. The number of carbonyl (C=O) groups is 2. The second kappa shape index (κ2) is 41.5. The third-order valence-corrected chi connectivity index (χ3v) is 12.6. The minimum atomic E-state index is -0.231. The Labute approximate surface area is 449 Å². The summed E-state index contributed by atoms with van der Waals surface area (Å²) < 4.78 is 31.6. The number of Topliss-reactive ketones (excluding diaryl/α,β-unsaturated/α-hetero) is 2. The lowest BCUT2D eigenvalue weighted by atomic mass is 10.3. The van der Waals surface area contributed by atoms with Gasteiger partial charge < -0.3 is 54.2 Å². The summed E-state index contributed by atoms with van der Waals surface area (Å²) in [5, 5.41) is 12.0. The minimum absolute atomic E-state index is 0.231. The van der Waals surface area contributed by atoms with Crippen LogP contribution in [0.4, 0.5) is 0 Å². The number of halogens is 1. The summed E-state index contributed by atoms with van der Waals surface area (Å²) >= 11 is 3.36. The molecule has 9 atom stereocenters. The van der Waals surface area contributed by atoms with Crippen LogP contribution in [0.25, 0.3) is 0 Å². The Bertz CT molecular complexity index is 1960. The van der Waals surface area contributed by atoms with E-state index in [2.05, 4.69) is 76.8 Å². The maximum Gasteiger partial charge on any atom is 0.130 e. The molecule has 0 saturated carbocycles. The lowest BCUT2D eigenvalue weighted by Gasteiger charge is -2.19. The topological polar surface area (TPSA) is 148 Å². The number of rotatable bonds is 15. The average Bonchev–Trinajstić information content (AvgIpc) is 3.41. The van der Waals surface area contributed by atoms with Gasteiger partial charge in [-0.05, 0) is 171 Å². The molecule has 11 nitrogen and oxygen atoms in total. The Morgan fingerprint density at radius 3 is 1.23 bits per heavy atom. The molecule has 7 rings (SSSR count). The number of ketones is 2. The lowest BCUT2D eigenvalue weighted by Crippen LogP contribution is -2.24. The van der Waals surface area contributed by atoms with Crippen molar-refractivity contribution in [1.82, 2.24) is 5.32 Å². The fraction of sp³-hybridized carbons (Fsp3) is 0.508. The van der Waals surface area contributed by atoms with E-state index >= 15 is 0 Å². The van der Waals surface area contributed by atoms with E-state index in [1.54, 1.807) is 62.6 Å². The molecule has 0 aromatic heterocycles. The molecule has 4 N–H and O–H groups in total. The van der Waals surface area contributed by atoms with E-state index in [-0.39, 0.29) is 29.8 Å². The zero-order chi connectivity index (χ0) is 54.2. The van der Waals surface area contributed by atoms with Gasteiger partial charge in [-0.2, -0.15) is 0 Å². The van der Waals surface area contributed by atoms with E-state index in [0.717, 1.165) is 78.9 Å². The molecule has 7 aliphatic rings. The second-order valence-electron chi connectivity index (χ2n) is 18.5. The van der Waals surface area contributed by atoms with Crippen molar-refractivity contribution in [3.63, 3.8) is 0 Å². The first-order valence-corrected chi connectivity index (χ1v) is 26.4. The monoisotopic (exact) mass is 1120 g/mol. The maximum absolute atomic E-state index is 10.8. The van der Waals surface area contributed by atoms with Crippen LogP contribution < -0.4 is 11.1 Å². The summed E-state index contributed by atoms with van der Waals surface area (Å²) in [7, 11) is 12.2. The highest BCUT2D eigenvalue weighted by Crippen LogP contribution is 2.23. The van der Waals surface area contributed by atoms with Crippen molar-refractivity contribution in [2.45, 2.75) is 129 Å². The number of allylic oxidation sites excluding steroid dienone is 18. The number of nitrogens with two attached hydrogens (primary N) is 1. The summed E-state index contributed by atoms with van der Waals surface area (Å²) in [5.74, 6) is 6.28. The molecular formula is C61H91BrN2O9. The minimum Gasteiger partial charge on any atom is -0.497 e. The summed E-state index contributed by atoms with van der Waals surface area (Å²) in [6.45, 7) is 7.51. The Kier molecular flexibility index (Phi) is 37.7. The van der Waals surface area contributed by atoms with E-state index in [4.69, 9.17) is 39.3 Å². The van der Waals surface area contributed by atoms with Crippen molar-refractivity contribution >= 4 is 27.5 Å². The third kappa shape index (κ3) is 34.3. The molecule has 0 radical (unpaired) electrons. The zero-order valence-corrected chi connectivity index (χ0v) is 47.5. The third-order valence-electron chi connectivity index (χ3n) is 12.0. The first-order valence-electron chi connectivity index (χ1n) is 25.6. The highest BCUT2D eigenvalue weighted by molar-refractivity contribution is 9.11. The number of aliphatic hydroxyl groups is 1. The van der Waals surface area contributed by atoms with Crippen molar-refractivity contribution in [3.05, 3.63) is 167 Å². The predicted octanol–water partition coefficient (Wildman–Crippen LogP) is 12.7. The van der Waals surface area contributed by atoms with Crippen LogP contribution >= 0.6 is 15.9 Å². The fourth-order valence-corrected chi connectivity index (χ4v) is 8.02. The quantitative estimate of drug-likeness (QED) is 0.135. The van der Waals surface area contributed by atoms with Gasteiger partial charge in [0.2, 0.25) is 0 Å². The molecule has 0 heterocycles. The molecule has 12 heteroatoms. The van der Waals surface area contributed by atoms with Crippen molar-refractivity contribution in [2.75, 3.05) is 49.7 Å². The predicted molar refractivity (Wildman–Crippen MR) is 306 cm³/mol. The number of aliphatic hydroxyl groups excluding tert-OH is 1. The number of ether oxygens (including phenoxy) is 6. The molecule has 0 aromatic rings. The summed E-state index contributed by atoms with van der Waals surface area (Å²) in [4.78, 5) is 21.6. The SMILES string of the molecule is CNC(C)C[13CH]1[13CH]=[13CH][13C](OC)=[13CH][13CH2]1.CO[13CH]1[13CH]=[13CH][13CH]=[13CH][13CH2]1.CO[13CH]1[13CH]=[13CH][13C](Br)=[13CH][13CH2]1.CO[13C]1=[13CH][13CH2][13CH](CC(C)=O)[13CH]=[13CH]1.CO[13C]1=[13CH][13CH2][13CH](CC(C)=O)[13CH]=[13CH]1.CO[13C]1=[13CH][13CH2][13CH](CC(C)N)[13CH]=[13CH]1.O[13CH]1[13CH]=[13CH][13CH]=[13CH][13CH2]1.